The summed E-state index contributed by atoms with van der Waals surface area (Å²) in [7, 11) is 0. The fraction of sp³-hybridized carbons (Fsp3) is 0.294. The first-order valence-corrected chi connectivity index (χ1v) is 7.72. The molecule has 0 spiro atoms. The predicted octanol–water partition coefficient (Wildman–Crippen LogP) is 4.25. The van der Waals surface area contributed by atoms with Crippen molar-refractivity contribution in [1.29, 1.82) is 0 Å². The van der Waals surface area contributed by atoms with Gasteiger partial charge in [0.25, 0.3) is 0 Å². The lowest BCUT2D eigenvalue weighted by molar-refractivity contribution is 0.170. The van der Waals surface area contributed by atoms with Crippen molar-refractivity contribution in [1.82, 2.24) is 5.32 Å². The third kappa shape index (κ3) is 5.01. The van der Waals surface area contributed by atoms with Crippen molar-refractivity contribution in [2.75, 3.05) is 6.54 Å². The van der Waals surface area contributed by atoms with Gasteiger partial charge in [0.15, 0.2) is 0 Å². The summed E-state index contributed by atoms with van der Waals surface area (Å²) in [5.74, 6) is 0. The standard InChI is InChI=1S/C17H19Cl2NO/c1-12(10-14-4-2-3-5-16(14)19)20-11-17(21)13-6-8-15(18)9-7-13/h2-9,12,17,20-21H,10-11H2,1H3/t12-,17+/m1/s1. The lowest BCUT2D eigenvalue weighted by atomic mass is 10.1. The van der Waals surface area contributed by atoms with Crippen LogP contribution in [0.5, 0.6) is 0 Å². The number of halogens is 2. The van der Waals surface area contributed by atoms with E-state index in [0.717, 1.165) is 22.6 Å². The van der Waals surface area contributed by atoms with Crippen molar-refractivity contribution < 1.29 is 5.11 Å². The van der Waals surface area contributed by atoms with Crippen LogP contribution in [0.25, 0.3) is 0 Å². The van der Waals surface area contributed by atoms with Gasteiger partial charge in [-0.3, -0.25) is 0 Å². The van der Waals surface area contributed by atoms with Gasteiger partial charge in [0.1, 0.15) is 0 Å². The fourth-order valence-corrected chi connectivity index (χ4v) is 2.52. The first-order valence-electron chi connectivity index (χ1n) is 6.96. The van der Waals surface area contributed by atoms with Crippen LogP contribution in [0.3, 0.4) is 0 Å². The molecule has 2 N–H and O–H groups in total. The van der Waals surface area contributed by atoms with E-state index in [1.54, 1.807) is 12.1 Å². The zero-order valence-corrected chi connectivity index (χ0v) is 13.4. The predicted molar refractivity (Wildman–Crippen MR) is 89.0 cm³/mol. The Kier molecular flexibility index (Phi) is 6.07. The summed E-state index contributed by atoms with van der Waals surface area (Å²) in [6.45, 7) is 2.57. The van der Waals surface area contributed by atoms with E-state index < -0.39 is 6.10 Å². The molecule has 0 unspecified atom stereocenters. The molecule has 0 aliphatic heterocycles. The minimum absolute atomic E-state index is 0.229. The third-order valence-corrected chi connectivity index (χ3v) is 4.02. The van der Waals surface area contributed by atoms with Crippen molar-refractivity contribution >= 4 is 23.2 Å². The van der Waals surface area contributed by atoms with E-state index in [1.165, 1.54) is 0 Å². The second-order valence-corrected chi connectivity index (χ2v) is 6.02. The fourth-order valence-electron chi connectivity index (χ4n) is 2.18. The summed E-state index contributed by atoms with van der Waals surface area (Å²) in [4.78, 5) is 0. The van der Waals surface area contributed by atoms with Gasteiger partial charge in [-0.2, -0.15) is 0 Å². The SMILES string of the molecule is C[C@H](Cc1ccccc1Cl)NC[C@H](O)c1ccc(Cl)cc1. The van der Waals surface area contributed by atoms with Gasteiger partial charge in [0.2, 0.25) is 0 Å². The molecule has 2 rings (SSSR count). The Bertz CT molecular complexity index is 571. The Morgan fingerprint density at radius 1 is 1.05 bits per heavy atom. The van der Waals surface area contributed by atoms with Crippen molar-refractivity contribution in [3.63, 3.8) is 0 Å². The summed E-state index contributed by atoms with van der Waals surface area (Å²) in [5.41, 5.74) is 1.97. The third-order valence-electron chi connectivity index (χ3n) is 3.40. The van der Waals surface area contributed by atoms with Gasteiger partial charge in [-0.1, -0.05) is 53.5 Å². The highest BCUT2D eigenvalue weighted by Crippen LogP contribution is 2.18. The van der Waals surface area contributed by atoms with Crippen LogP contribution in [0.15, 0.2) is 48.5 Å². The van der Waals surface area contributed by atoms with Crippen LogP contribution < -0.4 is 5.32 Å². The highest BCUT2D eigenvalue weighted by atomic mass is 35.5. The Labute approximate surface area is 135 Å². The zero-order valence-electron chi connectivity index (χ0n) is 11.9. The molecule has 0 aliphatic carbocycles. The van der Waals surface area contributed by atoms with Gasteiger partial charge in [-0.25, -0.2) is 0 Å². The Hall–Kier alpha value is -1.06. The quantitative estimate of drug-likeness (QED) is 0.833. The molecule has 2 nitrogen and oxygen atoms in total. The average Bonchev–Trinajstić information content (AvgIpc) is 2.48. The first kappa shape index (κ1) is 16.3. The zero-order chi connectivity index (χ0) is 15.2. The van der Waals surface area contributed by atoms with Crippen LogP contribution in [-0.4, -0.2) is 17.7 Å². The average molecular weight is 324 g/mol. The minimum Gasteiger partial charge on any atom is -0.387 e. The number of benzene rings is 2. The summed E-state index contributed by atoms with van der Waals surface area (Å²) in [6.07, 6.45) is 0.281. The van der Waals surface area contributed by atoms with Crippen molar-refractivity contribution in [3.8, 4) is 0 Å². The molecule has 2 atom stereocenters. The maximum atomic E-state index is 10.1. The van der Waals surface area contributed by atoms with Gasteiger partial charge in [0, 0.05) is 22.6 Å². The molecule has 21 heavy (non-hydrogen) atoms. The highest BCUT2D eigenvalue weighted by molar-refractivity contribution is 6.31. The summed E-state index contributed by atoms with van der Waals surface area (Å²) < 4.78 is 0. The molecule has 0 aliphatic rings. The summed E-state index contributed by atoms with van der Waals surface area (Å²) >= 11 is 12.0. The molecule has 2 aromatic rings. The van der Waals surface area contributed by atoms with Crippen molar-refractivity contribution in [2.24, 2.45) is 0 Å². The summed E-state index contributed by atoms with van der Waals surface area (Å²) in [5, 5.41) is 14.9. The molecule has 4 heteroatoms. The van der Waals surface area contributed by atoms with E-state index >= 15 is 0 Å². The van der Waals surface area contributed by atoms with Gasteiger partial charge in [0.05, 0.1) is 6.10 Å². The largest absolute Gasteiger partial charge is 0.387 e. The van der Waals surface area contributed by atoms with E-state index in [1.807, 2.05) is 36.4 Å². The topological polar surface area (TPSA) is 32.3 Å². The van der Waals surface area contributed by atoms with Crippen LogP contribution in [-0.2, 0) is 6.42 Å². The number of rotatable bonds is 6. The van der Waals surface area contributed by atoms with E-state index in [4.69, 9.17) is 23.2 Å². The monoisotopic (exact) mass is 323 g/mol. The van der Waals surface area contributed by atoms with E-state index in [9.17, 15) is 5.11 Å². The van der Waals surface area contributed by atoms with Gasteiger partial charge in [-0.05, 0) is 42.7 Å². The number of aliphatic hydroxyl groups excluding tert-OH is 1. The Morgan fingerprint density at radius 3 is 2.38 bits per heavy atom. The first-order chi connectivity index (χ1) is 10.1. The van der Waals surface area contributed by atoms with Gasteiger partial charge < -0.3 is 10.4 Å². The molecule has 0 heterocycles. The molecule has 0 saturated carbocycles. The molecule has 0 fully saturated rings. The molecule has 0 saturated heterocycles. The number of hydrogen-bond acceptors (Lipinski definition) is 2. The molecule has 2 aromatic carbocycles. The molecule has 0 amide bonds. The highest BCUT2D eigenvalue weighted by Gasteiger charge is 2.11. The summed E-state index contributed by atoms with van der Waals surface area (Å²) in [6, 6.07) is 15.3. The van der Waals surface area contributed by atoms with Gasteiger partial charge >= 0.3 is 0 Å². The van der Waals surface area contributed by atoms with Gasteiger partial charge in [-0.15, -0.1) is 0 Å². The van der Waals surface area contributed by atoms with Crippen molar-refractivity contribution in [2.45, 2.75) is 25.5 Å². The second kappa shape index (κ2) is 7.81. The van der Waals surface area contributed by atoms with E-state index in [-0.39, 0.29) is 6.04 Å². The smallest absolute Gasteiger partial charge is 0.0914 e. The Morgan fingerprint density at radius 2 is 1.71 bits per heavy atom. The van der Waals surface area contributed by atoms with E-state index in [0.29, 0.717) is 11.6 Å². The molecule has 0 bridgehead atoms. The number of hydrogen-bond donors (Lipinski definition) is 2. The van der Waals surface area contributed by atoms with E-state index in [2.05, 4.69) is 12.2 Å². The van der Waals surface area contributed by atoms with Crippen molar-refractivity contribution in [3.05, 3.63) is 69.7 Å². The minimum atomic E-state index is -0.545. The van der Waals surface area contributed by atoms with Crippen LogP contribution in [0, 0.1) is 0 Å². The number of aliphatic hydroxyl groups is 1. The lowest BCUT2D eigenvalue weighted by Gasteiger charge is -2.18. The maximum absolute atomic E-state index is 10.1. The maximum Gasteiger partial charge on any atom is 0.0914 e. The van der Waals surface area contributed by atoms with Crippen LogP contribution in [0.4, 0.5) is 0 Å². The number of nitrogens with one attached hydrogen (secondary N) is 1. The molecule has 0 radical (unpaired) electrons. The lowest BCUT2D eigenvalue weighted by Crippen LogP contribution is -2.32. The second-order valence-electron chi connectivity index (χ2n) is 5.17. The normalized spacial score (nSPS) is 13.9. The van der Waals surface area contributed by atoms with Crippen LogP contribution in [0.1, 0.15) is 24.2 Å². The van der Waals surface area contributed by atoms with Crippen LogP contribution >= 0.6 is 23.2 Å². The molecule has 112 valence electrons. The molecular weight excluding hydrogens is 305 g/mol. The molecule has 0 aromatic heterocycles. The Balaban J connectivity index is 1.85. The van der Waals surface area contributed by atoms with Crippen LogP contribution in [0.2, 0.25) is 10.0 Å². The molecular formula is C17H19Cl2NO.